The van der Waals surface area contributed by atoms with Crippen LogP contribution in [0.15, 0.2) is 24.8 Å². The van der Waals surface area contributed by atoms with Crippen LogP contribution < -0.4 is 10.6 Å². The summed E-state index contributed by atoms with van der Waals surface area (Å²) in [4.78, 5) is 18.3. The monoisotopic (exact) mass is 335 g/mol. The molecule has 3 rings (SSSR count). The van der Waals surface area contributed by atoms with Crippen molar-refractivity contribution < 1.29 is 9.18 Å². The fourth-order valence-corrected chi connectivity index (χ4v) is 2.93. The summed E-state index contributed by atoms with van der Waals surface area (Å²) in [6, 6.07) is -0.362. The quantitative estimate of drug-likeness (QED) is 0.850. The Bertz CT molecular complexity index is 698. The van der Waals surface area contributed by atoms with Gasteiger partial charge < -0.3 is 15.2 Å². The van der Waals surface area contributed by atoms with Gasteiger partial charge in [0.1, 0.15) is 12.0 Å². The number of anilines is 1. The van der Waals surface area contributed by atoms with E-state index in [9.17, 15) is 9.18 Å². The lowest BCUT2D eigenvalue weighted by Crippen LogP contribution is -2.41. The highest BCUT2D eigenvalue weighted by Crippen LogP contribution is 2.21. The van der Waals surface area contributed by atoms with E-state index in [-0.39, 0.29) is 12.1 Å². The second-order valence-electron chi connectivity index (χ2n) is 6.11. The summed E-state index contributed by atoms with van der Waals surface area (Å²) in [5.74, 6) is 0.883. The maximum Gasteiger partial charge on any atom is 0.319 e. The minimum Gasteiger partial charge on any atom is -0.337 e. The lowest BCUT2D eigenvalue weighted by atomic mass is 10.2. The van der Waals surface area contributed by atoms with Crippen LogP contribution in [0.2, 0.25) is 0 Å². The number of urea groups is 1. The number of nitrogens with zero attached hydrogens (tertiary/aromatic N) is 5. The molecule has 0 aromatic carbocycles. The van der Waals surface area contributed by atoms with Crippen LogP contribution in [0, 0.1) is 0 Å². The maximum atomic E-state index is 13.8. The average molecular weight is 335 g/mol. The molecule has 0 bridgehead atoms. The van der Waals surface area contributed by atoms with Gasteiger partial charge in [-0.2, -0.15) is 5.10 Å². The Morgan fingerprint density at radius 3 is 2.96 bits per heavy atom. The number of amides is 2. The Kier molecular flexibility index (Phi) is 4.79. The van der Waals surface area contributed by atoms with Crippen LogP contribution in [-0.2, 0) is 20.6 Å². The Labute approximate surface area is 139 Å². The van der Waals surface area contributed by atoms with E-state index in [2.05, 4.69) is 20.7 Å². The lowest BCUT2D eigenvalue weighted by molar-refractivity contribution is 0.219. The van der Waals surface area contributed by atoms with Crippen LogP contribution in [-0.4, -0.2) is 55.6 Å². The van der Waals surface area contributed by atoms with E-state index in [4.69, 9.17) is 0 Å². The van der Waals surface area contributed by atoms with E-state index in [0.29, 0.717) is 31.7 Å². The summed E-state index contributed by atoms with van der Waals surface area (Å²) in [5.41, 5.74) is 0.620. The van der Waals surface area contributed by atoms with Gasteiger partial charge in [-0.3, -0.25) is 9.58 Å². The number of hydrogen-bond acceptors (Lipinski definition) is 4. The van der Waals surface area contributed by atoms with E-state index in [1.807, 2.05) is 22.7 Å². The number of carbonyl (C=O) groups is 1. The number of imidazole rings is 1. The number of halogens is 1. The predicted octanol–water partition coefficient (Wildman–Crippen LogP) is 0.888. The zero-order valence-corrected chi connectivity index (χ0v) is 13.8. The smallest absolute Gasteiger partial charge is 0.319 e. The van der Waals surface area contributed by atoms with Gasteiger partial charge >= 0.3 is 6.03 Å². The molecule has 1 aliphatic heterocycles. The topological polar surface area (TPSA) is 80.0 Å². The fourth-order valence-electron chi connectivity index (χ4n) is 2.93. The van der Waals surface area contributed by atoms with E-state index >= 15 is 0 Å². The molecule has 9 heteroatoms. The predicted molar refractivity (Wildman–Crippen MR) is 87.1 cm³/mol. The van der Waals surface area contributed by atoms with Gasteiger partial charge in [0.2, 0.25) is 0 Å². The molecule has 3 heterocycles. The van der Waals surface area contributed by atoms with Crippen molar-refractivity contribution in [2.75, 3.05) is 18.4 Å². The van der Waals surface area contributed by atoms with Gasteiger partial charge in [0.25, 0.3) is 0 Å². The van der Waals surface area contributed by atoms with Gasteiger partial charge in [-0.25, -0.2) is 14.2 Å². The molecule has 0 aliphatic carbocycles. The summed E-state index contributed by atoms with van der Waals surface area (Å²) in [5, 5.41) is 9.50. The van der Waals surface area contributed by atoms with Crippen LogP contribution in [0.1, 0.15) is 12.2 Å². The van der Waals surface area contributed by atoms with Crippen LogP contribution in [0.25, 0.3) is 0 Å². The summed E-state index contributed by atoms with van der Waals surface area (Å²) >= 11 is 0. The van der Waals surface area contributed by atoms with E-state index in [0.717, 1.165) is 5.82 Å². The molecule has 2 aromatic heterocycles. The Hall–Kier alpha value is -2.42. The number of likely N-dealkylation sites (tertiary alicyclic amines) is 1. The molecular weight excluding hydrogens is 313 g/mol. The van der Waals surface area contributed by atoms with Gasteiger partial charge in [0.05, 0.1) is 18.4 Å². The van der Waals surface area contributed by atoms with Crippen LogP contribution in [0.5, 0.6) is 0 Å². The number of alkyl halides is 1. The third kappa shape index (κ3) is 3.91. The van der Waals surface area contributed by atoms with Gasteiger partial charge in [0, 0.05) is 51.8 Å². The van der Waals surface area contributed by atoms with Crippen molar-refractivity contribution in [3.05, 3.63) is 30.6 Å². The molecule has 2 atom stereocenters. The minimum atomic E-state index is -0.876. The Morgan fingerprint density at radius 2 is 2.29 bits per heavy atom. The molecule has 2 aromatic rings. The normalized spacial score (nSPS) is 21.1. The zero-order chi connectivity index (χ0) is 17.1. The van der Waals surface area contributed by atoms with Gasteiger partial charge in [-0.05, 0) is 6.42 Å². The van der Waals surface area contributed by atoms with Crippen molar-refractivity contribution >= 4 is 11.7 Å². The van der Waals surface area contributed by atoms with Crippen molar-refractivity contribution in [3.8, 4) is 0 Å². The third-order valence-corrected chi connectivity index (χ3v) is 4.20. The summed E-state index contributed by atoms with van der Waals surface area (Å²) in [7, 11) is 3.69. The van der Waals surface area contributed by atoms with Crippen molar-refractivity contribution in [3.63, 3.8) is 0 Å². The fraction of sp³-hybridized carbons (Fsp3) is 0.533. The molecule has 0 unspecified atom stereocenters. The molecule has 2 N–H and O–H groups in total. The lowest BCUT2D eigenvalue weighted by Gasteiger charge is -2.23. The molecule has 1 saturated heterocycles. The van der Waals surface area contributed by atoms with Crippen molar-refractivity contribution in [2.24, 2.45) is 14.1 Å². The van der Waals surface area contributed by atoms with Crippen LogP contribution in [0.4, 0.5) is 14.9 Å². The number of nitrogens with one attached hydrogen (secondary N) is 2. The Morgan fingerprint density at radius 1 is 1.46 bits per heavy atom. The van der Waals surface area contributed by atoms with Gasteiger partial charge in [-0.15, -0.1) is 0 Å². The molecule has 1 aliphatic rings. The van der Waals surface area contributed by atoms with Crippen molar-refractivity contribution in [2.45, 2.75) is 25.2 Å². The molecule has 0 radical (unpaired) electrons. The van der Waals surface area contributed by atoms with Crippen molar-refractivity contribution in [1.29, 1.82) is 0 Å². The maximum absolute atomic E-state index is 13.8. The molecule has 0 spiro atoms. The zero-order valence-electron chi connectivity index (χ0n) is 13.8. The number of carbonyl (C=O) groups excluding carboxylic acids is 1. The van der Waals surface area contributed by atoms with E-state index < -0.39 is 6.17 Å². The number of hydrogen-bond donors (Lipinski definition) is 2. The van der Waals surface area contributed by atoms with Crippen LogP contribution >= 0.6 is 0 Å². The molecule has 1 fully saturated rings. The first-order valence-electron chi connectivity index (χ1n) is 7.89. The number of rotatable bonds is 5. The molecular formula is C15H22FN7O. The molecule has 24 heavy (non-hydrogen) atoms. The SMILES string of the molecule is Cn1cc(NC(=O)NC[C@@H]2C[C@H](F)CN2Cc2nccn2C)cn1. The highest BCUT2D eigenvalue weighted by molar-refractivity contribution is 5.88. The second kappa shape index (κ2) is 7.00. The first-order valence-corrected chi connectivity index (χ1v) is 7.89. The van der Waals surface area contributed by atoms with E-state index in [1.54, 1.807) is 30.3 Å². The highest BCUT2D eigenvalue weighted by Gasteiger charge is 2.32. The largest absolute Gasteiger partial charge is 0.337 e. The molecule has 130 valence electrons. The van der Waals surface area contributed by atoms with Gasteiger partial charge in [-0.1, -0.05) is 0 Å². The molecule has 0 saturated carbocycles. The highest BCUT2D eigenvalue weighted by atomic mass is 19.1. The number of aromatic nitrogens is 4. The van der Waals surface area contributed by atoms with E-state index in [1.165, 1.54) is 0 Å². The first kappa shape index (κ1) is 16.4. The van der Waals surface area contributed by atoms with Gasteiger partial charge in [0.15, 0.2) is 0 Å². The molecule has 2 amide bonds. The summed E-state index contributed by atoms with van der Waals surface area (Å²) < 4.78 is 17.3. The average Bonchev–Trinajstić information content (AvgIpc) is 3.20. The summed E-state index contributed by atoms with van der Waals surface area (Å²) in [6.45, 7) is 1.32. The minimum absolute atomic E-state index is 0.0450. The standard InChI is InChI=1S/C15H22FN7O/c1-21-4-3-17-14(21)10-23-8-11(16)5-13(23)7-18-15(24)20-12-6-19-22(2)9-12/h3-4,6,9,11,13H,5,7-8,10H2,1-2H3,(H2,18,20,24)/t11-,13-/m0/s1. The second-order valence-corrected chi connectivity index (χ2v) is 6.11. The summed E-state index contributed by atoms with van der Waals surface area (Å²) in [6.07, 6.45) is 6.41. The van der Waals surface area contributed by atoms with Crippen molar-refractivity contribution in [1.82, 2.24) is 29.5 Å². The molecule has 8 nitrogen and oxygen atoms in total. The number of aryl methyl sites for hydroxylation is 2. The third-order valence-electron chi connectivity index (χ3n) is 4.20. The first-order chi connectivity index (χ1) is 11.5. The van der Waals surface area contributed by atoms with Crippen LogP contribution in [0.3, 0.4) is 0 Å². The Balaban J connectivity index is 1.52.